The van der Waals surface area contributed by atoms with E-state index in [4.69, 9.17) is 0 Å². The Bertz CT molecular complexity index is 482. The predicted octanol–water partition coefficient (Wildman–Crippen LogP) is 1.67. The van der Waals surface area contributed by atoms with Gasteiger partial charge in [-0.15, -0.1) is 11.3 Å². The normalized spacial score (nSPS) is 15.8. The molecule has 0 saturated carbocycles. The molecular weight excluding hydrogens is 298 g/mol. The van der Waals surface area contributed by atoms with Gasteiger partial charge in [-0.1, -0.05) is 13.0 Å². The molecule has 6 heteroatoms. The molecule has 2 heterocycles. The highest BCUT2D eigenvalue weighted by Crippen LogP contribution is 2.17. The molecule has 0 unspecified atom stereocenters. The summed E-state index contributed by atoms with van der Waals surface area (Å²) in [4.78, 5) is 28.6. The summed E-state index contributed by atoms with van der Waals surface area (Å²) in [6.45, 7) is 5.91. The lowest BCUT2D eigenvalue weighted by molar-refractivity contribution is -0.133. The van der Waals surface area contributed by atoms with Gasteiger partial charge in [0.05, 0.1) is 11.4 Å². The first-order chi connectivity index (χ1) is 10.6. The van der Waals surface area contributed by atoms with Crippen LogP contribution in [0.4, 0.5) is 0 Å². The van der Waals surface area contributed by atoms with Crippen LogP contribution >= 0.6 is 11.3 Å². The van der Waals surface area contributed by atoms with Gasteiger partial charge in [0.15, 0.2) is 0 Å². The van der Waals surface area contributed by atoms with Gasteiger partial charge in [-0.05, 0) is 43.3 Å². The zero-order chi connectivity index (χ0) is 15.9. The van der Waals surface area contributed by atoms with Gasteiger partial charge < -0.3 is 15.1 Å². The van der Waals surface area contributed by atoms with Crippen molar-refractivity contribution in [2.24, 2.45) is 5.92 Å². The van der Waals surface area contributed by atoms with Crippen LogP contribution in [0.2, 0.25) is 0 Å². The Balaban J connectivity index is 1.77. The summed E-state index contributed by atoms with van der Waals surface area (Å²) in [6, 6.07) is 3.64. The number of piperidine rings is 1. The van der Waals surface area contributed by atoms with Crippen molar-refractivity contribution in [1.82, 2.24) is 15.1 Å². The maximum Gasteiger partial charge on any atom is 0.264 e. The van der Waals surface area contributed by atoms with Gasteiger partial charge in [0.1, 0.15) is 0 Å². The minimum atomic E-state index is -0.0784. The third-order valence-corrected chi connectivity index (χ3v) is 4.96. The molecule has 2 amide bonds. The summed E-state index contributed by atoms with van der Waals surface area (Å²) >= 11 is 1.41. The third kappa shape index (κ3) is 4.55. The molecule has 0 aromatic carbocycles. The Morgan fingerprint density at radius 2 is 2.14 bits per heavy atom. The molecular formula is C16H25N3O2S. The summed E-state index contributed by atoms with van der Waals surface area (Å²) < 4.78 is 0. The Morgan fingerprint density at radius 1 is 1.41 bits per heavy atom. The van der Waals surface area contributed by atoms with Crippen molar-refractivity contribution >= 4 is 23.2 Å². The first-order valence-electron chi connectivity index (χ1n) is 7.89. The Morgan fingerprint density at radius 3 is 2.73 bits per heavy atom. The van der Waals surface area contributed by atoms with Crippen molar-refractivity contribution in [3.8, 4) is 0 Å². The molecule has 1 N–H and O–H groups in total. The molecule has 5 nitrogen and oxygen atoms in total. The van der Waals surface area contributed by atoms with E-state index in [1.54, 1.807) is 13.1 Å². The van der Waals surface area contributed by atoms with E-state index in [0.29, 0.717) is 10.8 Å². The molecule has 1 aliphatic rings. The summed E-state index contributed by atoms with van der Waals surface area (Å²) in [5.41, 5.74) is 0. The number of carbonyl (C=O) groups is 2. The highest BCUT2D eigenvalue weighted by Gasteiger charge is 2.24. The largest absolute Gasteiger partial charge is 0.341 e. The summed E-state index contributed by atoms with van der Waals surface area (Å²) in [6.07, 6.45) is 2.09. The average Bonchev–Trinajstić information content (AvgIpc) is 3.06. The van der Waals surface area contributed by atoms with E-state index in [1.165, 1.54) is 16.2 Å². The molecule has 1 fully saturated rings. The maximum atomic E-state index is 12.3. The van der Waals surface area contributed by atoms with Gasteiger partial charge >= 0.3 is 0 Å². The minimum Gasteiger partial charge on any atom is -0.341 e. The number of hydrogen-bond donors (Lipinski definition) is 1. The van der Waals surface area contributed by atoms with Crippen LogP contribution in [0.3, 0.4) is 0 Å². The van der Waals surface area contributed by atoms with E-state index in [2.05, 4.69) is 12.2 Å². The van der Waals surface area contributed by atoms with Crippen molar-refractivity contribution < 1.29 is 9.59 Å². The molecule has 2 rings (SSSR count). The number of nitrogens with one attached hydrogen (secondary N) is 1. The van der Waals surface area contributed by atoms with Crippen LogP contribution in [0.15, 0.2) is 17.5 Å². The Hall–Kier alpha value is -1.40. The van der Waals surface area contributed by atoms with Crippen molar-refractivity contribution in [1.29, 1.82) is 0 Å². The third-order valence-electron chi connectivity index (χ3n) is 4.10. The number of hydrogen-bond acceptors (Lipinski definition) is 4. The summed E-state index contributed by atoms with van der Waals surface area (Å²) in [7, 11) is 1.69. The topological polar surface area (TPSA) is 52.7 Å². The number of nitrogens with zero attached hydrogens (tertiary/aromatic N) is 2. The lowest BCUT2D eigenvalue weighted by Gasteiger charge is -2.33. The van der Waals surface area contributed by atoms with Crippen molar-refractivity contribution in [3.05, 3.63) is 22.4 Å². The lowest BCUT2D eigenvalue weighted by Crippen LogP contribution is -2.45. The molecule has 0 spiro atoms. The van der Waals surface area contributed by atoms with E-state index in [0.717, 1.165) is 39.0 Å². The number of rotatable bonds is 6. The molecule has 1 aromatic heterocycles. The van der Waals surface area contributed by atoms with Crippen LogP contribution in [-0.4, -0.2) is 61.4 Å². The Kier molecular flexibility index (Phi) is 6.39. The van der Waals surface area contributed by atoms with Crippen LogP contribution < -0.4 is 5.32 Å². The first-order valence-corrected chi connectivity index (χ1v) is 8.77. The van der Waals surface area contributed by atoms with Crippen molar-refractivity contribution in [3.63, 3.8) is 0 Å². The molecule has 22 heavy (non-hydrogen) atoms. The van der Waals surface area contributed by atoms with Gasteiger partial charge in [0.25, 0.3) is 5.91 Å². The van der Waals surface area contributed by atoms with E-state index in [9.17, 15) is 9.59 Å². The molecule has 0 bridgehead atoms. The monoisotopic (exact) mass is 323 g/mol. The molecule has 1 saturated heterocycles. The van der Waals surface area contributed by atoms with Crippen LogP contribution in [0.1, 0.15) is 29.4 Å². The SMILES string of the molecule is CCNCC1CCN(C(=O)CN(C)C(=O)c2cccs2)CC1. The van der Waals surface area contributed by atoms with E-state index in [1.807, 2.05) is 16.3 Å². The number of likely N-dealkylation sites (tertiary alicyclic amines) is 1. The van der Waals surface area contributed by atoms with Crippen LogP contribution in [0.5, 0.6) is 0 Å². The molecule has 1 aromatic rings. The van der Waals surface area contributed by atoms with Crippen LogP contribution in [0, 0.1) is 5.92 Å². The fourth-order valence-electron chi connectivity index (χ4n) is 2.70. The number of amides is 2. The maximum absolute atomic E-state index is 12.3. The van der Waals surface area contributed by atoms with Gasteiger partial charge in [0.2, 0.25) is 5.91 Å². The molecule has 1 aliphatic heterocycles. The highest BCUT2D eigenvalue weighted by atomic mass is 32.1. The quantitative estimate of drug-likeness (QED) is 0.866. The lowest BCUT2D eigenvalue weighted by atomic mass is 9.97. The van der Waals surface area contributed by atoms with E-state index >= 15 is 0 Å². The number of carbonyl (C=O) groups excluding carboxylic acids is 2. The fourth-order valence-corrected chi connectivity index (χ4v) is 3.42. The summed E-state index contributed by atoms with van der Waals surface area (Å²) in [5, 5.41) is 5.24. The number of likely N-dealkylation sites (N-methyl/N-ethyl adjacent to an activating group) is 1. The van der Waals surface area contributed by atoms with Crippen LogP contribution in [-0.2, 0) is 4.79 Å². The second-order valence-electron chi connectivity index (χ2n) is 5.77. The van der Waals surface area contributed by atoms with Crippen LogP contribution in [0.25, 0.3) is 0 Å². The van der Waals surface area contributed by atoms with Gasteiger partial charge in [0, 0.05) is 20.1 Å². The van der Waals surface area contributed by atoms with E-state index in [-0.39, 0.29) is 18.4 Å². The first kappa shape index (κ1) is 17.0. The zero-order valence-electron chi connectivity index (χ0n) is 13.4. The Labute approximate surface area is 136 Å². The standard InChI is InChI=1S/C16H25N3O2S/c1-3-17-11-13-6-8-19(9-7-13)15(20)12-18(2)16(21)14-5-4-10-22-14/h4-5,10,13,17H,3,6-9,11-12H2,1-2H3. The van der Waals surface area contributed by atoms with E-state index < -0.39 is 0 Å². The number of thiophene rings is 1. The van der Waals surface area contributed by atoms with Crippen molar-refractivity contribution in [2.45, 2.75) is 19.8 Å². The second kappa shape index (κ2) is 8.29. The smallest absolute Gasteiger partial charge is 0.264 e. The molecule has 0 radical (unpaired) electrons. The fraction of sp³-hybridized carbons (Fsp3) is 0.625. The van der Waals surface area contributed by atoms with Crippen molar-refractivity contribution in [2.75, 3.05) is 39.8 Å². The average molecular weight is 323 g/mol. The van der Waals surface area contributed by atoms with Gasteiger partial charge in [-0.25, -0.2) is 0 Å². The predicted molar refractivity (Wildman–Crippen MR) is 89.1 cm³/mol. The highest BCUT2D eigenvalue weighted by molar-refractivity contribution is 7.12. The zero-order valence-corrected chi connectivity index (χ0v) is 14.2. The summed E-state index contributed by atoms with van der Waals surface area (Å²) in [5.74, 6) is 0.633. The molecule has 0 aliphatic carbocycles. The van der Waals surface area contributed by atoms with Gasteiger partial charge in [-0.3, -0.25) is 9.59 Å². The molecule has 0 atom stereocenters. The molecule has 122 valence electrons. The second-order valence-corrected chi connectivity index (χ2v) is 6.72. The van der Waals surface area contributed by atoms with Gasteiger partial charge in [-0.2, -0.15) is 0 Å². The minimum absolute atomic E-state index is 0.0503.